The minimum atomic E-state index is -1.23. The van der Waals surface area contributed by atoms with Crippen LogP contribution in [0.4, 0.5) is 4.79 Å². The van der Waals surface area contributed by atoms with E-state index in [-0.39, 0.29) is 12.4 Å². The van der Waals surface area contributed by atoms with E-state index in [2.05, 4.69) is 4.99 Å². The summed E-state index contributed by atoms with van der Waals surface area (Å²) in [6.07, 6.45) is 1.42. The SMILES string of the molecule is COCCOCCOCCOc1cccc(C2=NC(C)(C(=O)O)CS2)c1OC(=O)N1CCCC1. The summed E-state index contributed by atoms with van der Waals surface area (Å²) in [4.78, 5) is 30.5. The Bertz CT molecular complexity index is 875. The number of hydrogen-bond donors (Lipinski definition) is 1. The van der Waals surface area contributed by atoms with Gasteiger partial charge in [0.1, 0.15) is 11.7 Å². The van der Waals surface area contributed by atoms with Crippen molar-refractivity contribution in [3.05, 3.63) is 23.8 Å². The fourth-order valence-electron chi connectivity index (χ4n) is 3.37. The second kappa shape index (κ2) is 12.9. The van der Waals surface area contributed by atoms with Crippen molar-refractivity contribution in [3.8, 4) is 11.5 Å². The summed E-state index contributed by atoms with van der Waals surface area (Å²) < 4.78 is 27.4. The molecule has 1 amide bonds. The van der Waals surface area contributed by atoms with Gasteiger partial charge in [0.05, 0.1) is 38.6 Å². The van der Waals surface area contributed by atoms with E-state index in [9.17, 15) is 14.7 Å². The van der Waals surface area contributed by atoms with Crippen molar-refractivity contribution in [1.82, 2.24) is 4.90 Å². The number of ether oxygens (including phenoxy) is 5. The van der Waals surface area contributed by atoms with Gasteiger partial charge < -0.3 is 33.7 Å². The van der Waals surface area contributed by atoms with Crippen LogP contribution in [-0.4, -0.2) is 98.2 Å². The first-order valence-corrected chi connectivity index (χ1v) is 12.3. The summed E-state index contributed by atoms with van der Waals surface area (Å²) in [6.45, 7) is 5.34. The Kier molecular flexibility index (Phi) is 10.00. The lowest BCUT2D eigenvalue weighted by molar-refractivity contribution is -0.141. The number of carboxylic acids is 1. The molecule has 1 aromatic carbocycles. The number of carbonyl (C=O) groups excluding carboxylic acids is 1. The number of aliphatic imine (C=N–C) groups is 1. The first kappa shape index (κ1) is 26.3. The number of nitrogens with zero attached hydrogens (tertiary/aromatic N) is 2. The second-order valence-corrected chi connectivity index (χ2v) is 9.01. The van der Waals surface area contributed by atoms with Crippen molar-refractivity contribution in [2.75, 3.05) is 65.6 Å². The number of thioether (sulfide) groups is 1. The van der Waals surface area contributed by atoms with Crippen LogP contribution in [0.5, 0.6) is 11.5 Å². The van der Waals surface area contributed by atoms with Crippen LogP contribution >= 0.6 is 11.8 Å². The third-order valence-corrected chi connectivity index (χ3v) is 6.64. The van der Waals surface area contributed by atoms with Crippen LogP contribution in [0.1, 0.15) is 25.3 Å². The standard InChI is InChI=1S/C23H32N2O8S/c1-23(21(26)27)16-34-20(24-23)17-6-5-7-18(19(17)33-22(28)25-8-3-4-9-25)32-15-14-31-13-12-30-11-10-29-2/h5-7H,3-4,8-16H2,1-2H3,(H,26,27). The number of rotatable bonds is 13. The number of carbonyl (C=O) groups is 2. The van der Waals surface area contributed by atoms with E-state index in [0.717, 1.165) is 12.8 Å². The molecule has 0 aromatic heterocycles. The quantitative estimate of drug-likeness (QED) is 0.411. The van der Waals surface area contributed by atoms with Crippen molar-refractivity contribution < 1.29 is 38.4 Å². The Balaban J connectivity index is 1.68. The Hall–Kier alpha value is -2.34. The summed E-state index contributed by atoms with van der Waals surface area (Å²) in [7, 11) is 1.62. The topological polar surface area (TPSA) is 116 Å². The first-order valence-electron chi connectivity index (χ1n) is 11.3. The molecule has 1 atom stereocenters. The lowest BCUT2D eigenvalue weighted by Gasteiger charge is -2.19. The molecule has 2 aliphatic rings. The van der Waals surface area contributed by atoms with Gasteiger partial charge in [-0.25, -0.2) is 9.59 Å². The van der Waals surface area contributed by atoms with Crippen LogP contribution in [0.3, 0.4) is 0 Å². The predicted octanol–water partition coefficient (Wildman–Crippen LogP) is 2.68. The third kappa shape index (κ3) is 7.08. The maximum Gasteiger partial charge on any atom is 0.415 e. The molecule has 1 N–H and O–H groups in total. The van der Waals surface area contributed by atoms with E-state index >= 15 is 0 Å². The number of amides is 1. The molecule has 10 nitrogen and oxygen atoms in total. The highest BCUT2D eigenvalue weighted by atomic mass is 32.2. The highest BCUT2D eigenvalue weighted by molar-refractivity contribution is 8.14. The highest BCUT2D eigenvalue weighted by Gasteiger charge is 2.39. The lowest BCUT2D eigenvalue weighted by Crippen LogP contribution is -2.33. The van der Waals surface area contributed by atoms with Gasteiger partial charge in [-0.3, -0.25) is 4.99 Å². The lowest BCUT2D eigenvalue weighted by atomic mass is 10.1. The van der Waals surface area contributed by atoms with Gasteiger partial charge in [-0.05, 0) is 31.9 Å². The van der Waals surface area contributed by atoms with E-state index in [4.69, 9.17) is 23.7 Å². The Morgan fingerprint density at radius 3 is 2.41 bits per heavy atom. The van der Waals surface area contributed by atoms with Gasteiger partial charge in [0.2, 0.25) is 0 Å². The second-order valence-electron chi connectivity index (χ2n) is 8.05. The van der Waals surface area contributed by atoms with Crippen molar-refractivity contribution in [1.29, 1.82) is 0 Å². The van der Waals surface area contributed by atoms with E-state index in [1.807, 2.05) is 0 Å². The normalized spacial score (nSPS) is 19.8. The third-order valence-electron chi connectivity index (χ3n) is 5.35. The molecule has 0 bridgehead atoms. The van der Waals surface area contributed by atoms with E-state index in [0.29, 0.717) is 68.2 Å². The summed E-state index contributed by atoms with van der Waals surface area (Å²) in [5.41, 5.74) is -0.695. The molecule has 2 heterocycles. The van der Waals surface area contributed by atoms with Crippen molar-refractivity contribution in [2.45, 2.75) is 25.3 Å². The molecule has 188 valence electrons. The van der Waals surface area contributed by atoms with Gasteiger partial charge in [-0.1, -0.05) is 6.07 Å². The number of hydrogen-bond acceptors (Lipinski definition) is 9. The van der Waals surface area contributed by atoms with Crippen LogP contribution in [-0.2, 0) is 19.0 Å². The van der Waals surface area contributed by atoms with Crippen molar-refractivity contribution in [2.24, 2.45) is 4.99 Å². The molecule has 0 radical (unpaired) electrons. The monoisotopic (exact) mass is 496 g/mol. The Morgan fingerprint density at radius 1 is 1.09 bits per heavy atom. The number of likely N-dealkylation sites (tertiary alicyclic amines) is 1. The molecule has 11 heteroatoms. The number of carboxylic acid groups (broad SMARTS) is 1. The molecule has 2 aliphatic heterocycles. The van der Waals surface area contributed by atoms with Crippen molar-refractivity contribution >= 4 is 28.9 Å². The number of aliphatic carboxylic acids is 1. The molecule has 1 saturated heterocycles. The summed E-state index contributed by atoms with van der Waals surface area (Å²) in [5, 5.41) is 10.0. The molecule has 3 rings (SSSR count). The number of para-hydroxylation sites is 1. The fraction of sp³-hybridized carbons (Fsp3) is 0.609. The van der Waals surface area contributed by atoms with Gasteiger partial charge in [0, 0.05) is 26.0 Å². The predicted molar refractivity (Wildman–Crippen MR) is 127 cm³/mol. The average molecular weight is 497 g/mol. The van der Waals surface area contributed by atoms with Crippen molar-refractivity contribution in [3.63, 3.8) is 0 Å². The summed E-state index contributed by atoms with van der Waals surface area (Å²) in [6, 6.07) is 5.23. The number of benzene rings is 1. The van der Waals surface area contributed by atoms with E-state index in [1.165, 1.54) is 11.8 Å². The van der Waals surface area contributed by atoms with Gasteiger partial charge in [0.15, 0.2) is 17.0 Å². The fourth-order valence-corrected chi connectivity index (χ4v) is 4.56. The zero-order valence-corrected chi connectivity index (χ0v) is 20.4. The molecule has 34 heavy (non-hydrogen) atoms. The molecule has 0 aliphatic carbocycles. The Morgan fingerprint density at radius 2 is 1.76 bits per heavy atom. The number of methoxy groups -OCH3 is 1. The van der Waals surface area contributed by atoms with E-state index in [1.54, 1.807) is 37.1 Å². The summed E-state index contributed by atoms with van der Waals surface area (Å²) >= 11 is 1.32. The largest absolute Gasteiger partial charge is 0.487 e. The zero-order chi connectivity index (χ0) is 24.4. The van der Waals surface area contributed by atoms with Gasteiger partial charge >= 0.3 is 12.1 Å². The first-order chi connectivity index (χ1) is 16.4. The zero-order valence-electron chi connectivity index (χ0n) is 19.6. The maximum atomic E-state index is 12.8. The van der Waals surface area contributed by atoms with Gasteiger partial charge in [-0.15, -0.1) is 11.8 Å². The molecule has 0 saturated carbocycles. The van der Waals surface area contributed by atoms with E-state index < -0.39 is 17.6 Å². The molecule has 1 fully saturated rings. The average Bonchev–Trinajstić information content (AvgIpc) is 3.50. The van der Waals surface area contributed by atoms with Crippen LogP contribution < -0.4 is 9.47 Å². The molecular weight excluding hydrogens is 464 g/mol. The van der Waals surface area contributed by atoms with Gasteiger partial charge in [0.25, 0.3) is 0 Å². The van der Waals surface area contributed by atoms with Crippen LogP contribution in [0.15, 0.2) is 23.2 Å². The van der Waals surface area contributed by atoms with Crippen LogP contribution in [0.2, 0.25) is 0 Å². The van der Waals surface area contributed by atoms with Gasteiger partial charge in [-0.2, -0.15) is 0 Å². The molecule has 1 aromatic rings. The molecule has 0 spiro atoms. The smallest absolute Gasteiger partial charge is 0.415 e. The van der Waals surface area contributed by atoms with Crippen LogP contribution in [0.25, 0.3) is 0 Å². The minimum Gasteiger partial charge on any atom is -0.487 e. The Labute approximate surface area is 203 Å². The van der Waals surface area contributed by atoms with Crippen LogP contribution in [0, 0.1) is 0 Å². The molecular formula is C23H32N2O8S. The molecule has 1 unspecified atom stereocenters. The highest BCUT2D eigenvalue weighted by Crippen LogP contribution is 2.39. The summed E-state index contributed by atoms with van der Waals surface area (Å²) in [5.74, 6) is -0.0930. The maximum absolute atomic E-state index is 12.8. The minimum absolute atomic E-state index is 0.238.